The van der Waals surface area contributed by atoms with E-state index in [9.17, 15) is 22.8 Å². The standard InChI is InChI=1S/C13H13F3O3/c1-2-19-11(17)8-10(12(18)13(14,15)16)9-6-4-3-5-7-9/h3-7,10H,2,8H2,1H3. The van der Waals surface area contributed by atoms with Crippen LogP contribution in [0.4, 0.5) is 13.2 Å². The highest BCUT2D eigenvalue weighted by molar-refractivity contribution is 5.93. The molecule has 1 unspecified atom stereocenters. The highest BCUT2D eigenvalue weighted by Gasteiger charge is 2.44. The fraction of sp³-hybridized carbons (Fsp3) is 0.385. The lowest BCUT2D eigenvalue weighted by atomic mass is 9.91. The largest absolute Gasteiger partial charge is 0.466 e. The van der Waals surface area contributed by atoms with E-state index >= 15 is 0 Å². The zero-order chi connectivity index (χ0) is 14.5. The summed E-state index contributed by atoms with van der Waals surface area (Å²) in [5.41, 5.74) is 0.151. The molecule has 104 valence electrons. The summed E-state index contributed by atoms with van der Waals surface area (Å²) in [6.45, 7) is 1.60. The molecule has 0 aliphatic rings. The lowest BCUT2D eigenvalue weighted by Crippen LogP contribution is -2.31. The number of Topliss-reactive ketones (excluding diaryl/α,β-unsaturated/α-hetero) is 1. The van der Waals surface area contributed by atoms with Crippen LogP contribution in [0.2, 0.25) is 0 Å². The van der Waals surface area contributed by atoms with E-state index in [0.29, 0.717) is 0 Å². The maximum Gasteiger partial charge on any atom is 0.450 e. The fourth-order valence-electron chi connectivity index (χ4n) is 1.63. The van der Waals surface area contributed by atoms with Gasteiger partial charge in [0.25, 0.3) is 0 Å². The van der Waals surface area contributed by atoms with Crippen LogP contribution in [0.25, 0.3) is 0 Å². The third kappa shape index (κ3) is 4.39. The van der Waals surface area contributed by atoms with Crippen molar-refractivity contribution in [1.29, 1.82) is 0 Å². The van der Waals surface area contributed by atoms with Crippen LogP contribution in [0.5, 0.6) is 0 Å². The molecule has 3 nitrogen and oxygen atoms in total. The van der Waals surface area contributed by atoms with E-state index < -0.39 is 30.3 Å². The Labute approximate surface area is 108 Å². The minimum absolute atomic E-state index is 0.0561. The Morgan fingerprint density at radius 3 is 2.26 bits per heavy atom. The summed E-state index contributed by atoms with van der Waals surface area (Å²) in [6.07, 6.45) is -5.59. The van der Waals surface area contributed by atoms with Crippen molar-refractivity contribution in [2.45, 2.75) is 25.4 Å². The van der Waals surface area contributed by atoms with Crippen molar-refractivity contribution in [1.82, 2.24) is 0 Å². The molecule has 1 atom stereocenters. The number of hydrogen-bond acceptors (Lipinski definition) is 3. The lowest BCUT2D eigenvalue weighted by molar-refractivity contribution is -0.174. The highest BCUT2D eigenvalue weighted by atomic mass is 19.4. The van der Waals surface area contributed by atoms with Crippen LogP contribution in [0.1, 0.15) is 24.8 Å². The van der Waals surface area contributed by atoms with Gasteiger partial charge in [0.1, 0.15) is 0 Å². The van der Waals surface area contributed by atoms with Crippen LogP contribution >= 0.6 is 0 Å². The smallest absolute Gasteiger partial charge is 0.450 e. The van der Waals surface area contributed by atoms with Crippen LogP contribution in [-0.4, -0.2) is 24.5 Å². The van der Waals surface area contributed by atoms with Gasteiger partial charge in [-0.1, -0.05) is 30.3 Å². The molecule has 1 aromatic carbocycles. The van der Waals surface area contributed by atoms with E-state index in [2.05, 4.69) is 4.74 Å². The Bertz CT molecular complexity index is 440. The first kappa shape index (κ1) is 15.2. The zero-order valence-corrected chi connectivity index (χ0v) is 10.2. The second kappa shape index (κ2) is 6.36. The molecule has 0 saturated heterocycles. The molecule has 0 N–H and O–H groups in total. The Morgan fingerprint density at radius 2 is 1.79 bits per heavy atom. The maximum atomic E-state index is 12.5. The van der Waals surface area contributed by atoms with Crippen molar-refractivity contribution in [2.75, 3.05) is 6.61 Å². The Kier molecular flexibility index (Phi) is 5.09. The van der Waals surface area contributed by atoms with Crippen LogP contribution in [0.15, 0.2) is 30.3 Å². The Morgan fingerprint density at radius 1 is 1.21 bits per heavy atom. The van der Waals surface area contributed by atoms with E-state index in [1.165, 1.54) is 24.3 Å². The highest BCUT2D eigenvalue weighted by Crippen LogP contribution is 2.30. The first-order chi connectivity index (χ1) is 8.86. The van der Waals surface area contributed by atoms with Crippen molar-refractivity contribution in [3.63, 3.8) is 0 Å². The van der Waals surface area contributed by atoms with Crippen molar-refractivity contribution in [2.24, 2.45) is 0 Å². The number of carbonyl (C=O) groups excluding carboxylic acids is 2. The topological polar surface area (TPSA) is 43.4 Å². The minimum atomic E-state index is -4.98. The molecular formula is C13H13F3O3. The van der Waals surface area contributed by atoms with E-state index in [1.54, 1.807) is 13.0 Å². The number of ketones is 1. The molecule has 6 heteroatoms. The maximum absolute atomic E-state index is 12.5. The summed E-state index contributed by atoms with van der Waals surface area (Å²) in [7, 11) is 0. The number of halogens is 3. The minimum Gasteiger partial charge on any atom is -0.466 e. The van der Waals surface area contributed by atoms with Gasteiger partial charge in [0.15, 0.2) is 0 Å². The predicted molar refractivity (Wildman–Crippen MR) is 61.5 cm³/mol. The molecule has 0 aliphatic carbocycles. The molecule has 0 amide bonds. The van der Waals surface area contributed by atoms with Gasteiger partial charge in [-0.15, -0.1) is 0 Å². The zero-order valence-electron chi connectivity index (χ0n) is 10.2. The van der Waals surface area contributed by atoms with Gasteiger partial charge in [0, 0.05) is 0 Å². The van der Waals surface area contributed by atoms with Gasteiger partial charge in [0.05, 0.1) is 18.9 Å². The summed E-state index contributed by atoms with van der Waals surface area (Å²) < 4.78 is 42.2. The van der Waals surface area contributed by atoms with E-state index in [1.807, 2.05) is 0 Å². The number of alkyl halides is 3. The normalized spacial score (nSPS) is 12.8. The van der Waals surface area contributed by atoms with Crippen molar-refractivity contribution >= 4 is 11.8 Å². The molecule has 1 rings (SSSR count). The Hall–Kier alpha value is -1.85. The van der Waals surface area contributed by atoms with Crippen molar-refractivity contribution in [3.05, 3.63) is 35.9 Å². The van der Waals surface area contributed by atoms with Crippen LogP contribution in [-0.2, 0) is 14.3 Å². The quantitative estimate of drug-likeness (QED) is 0.775. The average Bonchev–Trinajstić information content (AvgIpc) is 2.35. The summed E-state index contributed by atoms with van der Waals surface area (Å²) in [5.74, 6) is -4.32. The first-order valence-electron chi connectivity index (χ1n) is 5.67. The number of carbonyl (C=O) groups is 2. The third-order valence-electron chi connectivity index (χ3n) is 2.47. The monoisotopic (exact) mass is 274 g/mol. The van der Waals surface area contributed by atoms with Gasteiger partial charge < -0.3 is 4.74 Å². The SMILES string of the molecule is CCOC(=O)CC(C(=O)C(F)(F)F)c1ccccc1. The first-order valence-corrected chi connectivity index (χ1v) is 5.67. The van der Waals surface area contributed by atoms with Crippen LogP contribution in [0.3, 0.4) is 0 Å². The summed E-state index contributed by atoms with van der Waals surface area (Å²) in [4.78, 5) is 22.7. The molecule has 0 fully saturated rings. The molecule has 0 spiro atoms. The summed E-state index contributed by atoms with van der Waals surface area (Å²) >= 11 is 0. The Balaban J connectivity index is 2.99. The molecule has 0 radical (unpaired) electrons. The second-order valence-corrected chi connectivity index (χ2v) is 3.83. The number of esters is 1. The number of ether oxygens (including phenoxy) is 1. The molecule has 0 bridgehead atoms. The van der Waals surface area contributed by atoms with Gasteiger partial charge in [-0.3, -0.25) is 9.59 Å². The van der Waals surface area contributed by atoms with Crippen LogP contribution in [0, 0.1) is 0 Å². The summed E-state index contributed by atoms with van der Waals surface area (Å²) in [5, 5.41) is 0. The number of hydrogen-bond donors (Lipinski definition) is 0. The molecule has 0 heterocycles. The lowest BCUT2D eigenvalue weighted by Gasteiger charge is -2.17. The summed E-state index contributed by atoms with van der Waals surface area (Å²) in [6, 6.07) is 7.40. The van der Waals surface area contributed by atoms with E-state index in [4.69, 9.17) is 0 Å². The average molecular weight is 274 g/mol. The van der Waals surface area contributed by atoms with Gasteiger partial charge in [0.2, 0.25) is 5.78 Å². The number of rotatable bonds is 5. The molecule has 0 saturated carbocycles. The van der Waals surface area contributed by atoms with Crippen molar-refractivity contribution in [3.8, 4) is 0 Å². The molecule has 19 heavy (non-hydrogen) atoms. The third-order valence-corrected chi connectivity index (χ3v) is 2.47. The van der Waals surface area contributed by atoms with Gasteiger partial charge >= 0.3 is 12.1 Å². The van der Waals surface area contributed by atoms with E-state index in [0.717, 1.165) is 0 Å². The predicted octanol–water partition coefficient (Wildman–Crippen LogP) is 2.85. The van der Waals surface area contributed by atoms with Gasteiger partial charge in [-0.25, -0.2) is 0 Å². The van der Waals surface area contributed by atoms with E-state index in [-0.39, 0.29) is 12.2 Å². The molecule has 0 aromatic heterocycles. The number of benzene rings is 1. The molecule has 0 aliphatic heterocycles. The van der Waals surface area contributed by atoms with Crippen molar-refractivity contribution < 1.29 is 27.5 Å². The van der Waals surface area contributed by atoms with Gasteiger partial charge in [-0.2, -0.15) is 13.2 Å². The second-order valence-electron chi connectivity index (χ2n) is 3.83. The fourth-order valence-corrected chi connectivity index (χ4v) is 1.63. The molecular weight excluding hydrogens is 261 g/mol. The van der Waals surface area contributed by atoms with Crippen LogP contribution < -0.4 is 0 Å². The molecule has 1 aromatic rings. The van der Waals surface area contributed by atoms with Gasteiger partial charge in [-0.05, 0) is 12.5 Å².